The number of rotatable bonds is 7. The van der Waals surface area contributed by atoms with Crippen LogP contribution in [0, 0.1) is 0 Å². The van der Waals surface area contributed by atoms with Crippen molar-refractivity contribution in [1.82, 2.24) is 30.5 Å². The number of aromatic nitrogens is 5. The average molecular weight is 376 g/mol. The zero-order valence-electron chi connectivity index (χ0n) is 16.3. The molecular formula is C21H24N6O. The van der Waals surface area contributed by atoms with E-state index < -0.39 is 5.54 Å². The number of hydrogen-bond donors (Lipinski definition) is 2. The van der Waals surface area contributed by atoms with Gasteiger partial charge in [0.15, 0.2) is 5.82 Å². The first-order valence-corrected chi connectivity index (χ1v) is 9.32. The molecule has 0 unspecified atom stereocenters. The number of fused-ring (bicyclic) bond motifs is 1. The van der Waals surface area contributed by atoms with Crippen molar-refractivity contribution in [1.29, 1.82) is 0 Å². The summed E-state index contributed by atoms with van der Waals surface area (Å²) in [6.07, 6.45) is 3.00. The molecule has 0 aliphatic heterocycles. The molecule has 2 aromatic carbocycles. The van der Waals surface area contributed by atoms with Gasteiger partial charge in [-0.25, -0.2) is 0 Å². The summed E-state index contributed by atoms with van der Waals surface area (Å²) < 4.78 is 6.99. The van der Waals surface area contributed by atoms with Gasteiger partial charge in [-0.05, 0) is 66.6 Å². The number of benzene rings is 2. The Morgan fingerprint density at radius 3 is 2.68 bits per heavy atom. The molecule has 2 N–H and O–H groups in total. The van der Waals surface area contributed by atoms with Crippen molar-refractivity contribution in [2.24, 2.45) is 0 Å². The number of nitrogens with one attached hydrogen (secondary N) is 2. The lowest BCUT2D eigenvalue weighted by molar-refractivity contribution is 0.375. The Bertz CT molecular complexity index is 1060. The summed E-state index contributed by atoms with van der Waals surface area (Å²) in [7, 11) is 1.65. The van der Waals surface area contributed by atoms with Gasteiger partial charge in [0.25, 0.3) is 0 Å². The van der Waals surface area contributed by atoms with Crippen molar-refractivity contribution < 1.29 is 4.74 Å². The van der Waals surface area contributed by atoms with E-state index in [-0.39, 0.29) is 0 Å². The molecule has 0 saturated heterocycles. The molecular weight excluding hydrogens is 352 g/mol. The van der Waals surface area contributed by atoms with E-state index in [1.165, 1.54) is 16.5 Å². The molecule has 4 rings (SSSR count). The fourth-order valence-corrected chi connectivity index (χ4v) is 3.40. The third-order valence-corrected chi connectivity index (χ3v) is 4.98. The van der Waals surface area contributed by atoms with Gasteiger partial charge in [0, 0.05) is 23.6 Å². The predicted octanol–water partition coefficient (Wildman–Crippen LogP) is 3.22. The van der Waals surface area contributed by atoms with Crippen LogP contribution in [0.1, 0.15) is 25.2 Å². The second-order valence-corrected chi connectivity index (χ2v) is 7.27. The van der Waals surface area contributed by atoms with Crippen LogP contribution in [0.4, 0.5) is 0 Å². The number of tetrazole rings is 1. The lowest BCUT2D eigenvalue weighted by atomic mass is 10.0. The molecule has 0 bridgehead atoms. The molecule has 0 fully saturated rings. The van der Waals surface area contributed by atoms with E-state index in [1.54, 1.807) is 11.8 Å². The lowest BCUT2D eigenvalue weighted by Gasteiger charge is -2.25. The van der Waals surface area contributed by atoms with Gasteiger partial charge >= 0.3 is 0 Å². The van der Waals surface area contributed by atoms with Crippen molar-refractivity contribution in [3.63, 3.8) is 0 Å². The van der Waals surface area contributed by atoms with E-state index in [0.717, 1.165) is 30.2 Å². The molecule has 28 heavy (non-hydrogen) atoms. The zero-order chi connectivity index (χ0) is 19.6. The molecule has 0 radical (unpaired) electrons. The fourth-order valence-electron chi connectivity index (χ4n) is 3.40. The molecule has 0 aliphatic rings. The van der Waals surface area contributed by atoms with E-state index in [0.29, 0.717) is 0 Å². The van der Waals surface area contributed by atoms with Crippen LogP contribution in [0.5, 0.6) is 5.75 Å². The van der Waals surface area contributed by atoms with Gasteiger partial charge in [-0.1, -0.05) is 18.2 Å². The number of H-pyrrole nitrogens is 1. The number of ether oxygens (including phenoxy) is 1. The molecule has 144 valence electrons. The molecule has 0 aliphatic carbocycles. The van der Waals surface area contributed by atoms with E-state index in [9.17, 15) is 0 Å². The highest BCUT2D eigenvalue weighted by Crippen LogP contribution is 2.22. The predicted molar refractivity (Wildman–Crippen MR) is 109 cm³/mol. The normalized spacial score (nSPS) is 11.8. The Balaban J connectivity index is 1.48. The molecule has 2 heterocycles. The van der Waals surface area contributed by atoms with Crippen LogP contribution in [0.25, 0.3) is 16.6 Å². The van der Waals surface area contributed by atoms with E-state index in [1.807, 2.05) is 30.3 Å². The number of hydrogen-bond acceptors (Lipinski definition) is 5. The first-order chi connectivity index (χ1) is 13.6. The van der Waals surface area contributed by atoms with Gasteiger partial charge in [-0.3, -0.25) is 0 Å². The van der Waals surface area contributed by atoms with Gasteiger partial charge in [0.1, 0.15) is 5.75 Å². The highest BCUT2D eigenvalue weighted by atomic mass is 16.5. The summed E-state index contributed by atoms with van der Waals surface area (Å²) in [5.41, 5.74) is 2.97. The largest absolute Gasteiger partial charge is 0.497 e. The van der Waals surface area contributed by atoms with Gasteiger partial charge in [-0.15, -0.1) is 5.10 Å². The maximum atomic E-state index is 5.23. The smallest absolute Gasteiger partial charge is 0.176 e. The molecule has 7 nitrogen and oxygen atoms in total. The van der Waals surface area contributed by atoms with Crippen molar-refractivity contribution in [3.8, 4) is 11.4 Å². The highest BCUT2D eigenvalue weighted by molar-refractivity contribution is 5.83. The van der Waals surface area contributed by atoms with Crippen molar-refractivity contribution in [2.45, 2.75) is 25.8 Å². The monoisotopic (exact) mass is 376 g/mol. The SMILES string of the molecule is COc1ccc(-n2nnnc2C(C)(C)NCCc2c[nH]c3ccccc23)cc1. The highest BCUT2D eigenvalue weighted by Gasteiger charge is 2.27. The zero-order valence-corrected chi connectivity index (χ0v) is 16.3. The minimum atomic E-state index is -0.393. The Morgan fingerprint density at radius 2 is 1.89 bits per heavy atom. The van der Waals surface area contributed by atoms with Crippen molar-refractivity contribution in [2.75, 3.05) is 13.7 Å². The molecule has 0 saturated carbocycles. The molecule has 7 heteroatoms. The third-order valence-electron chi connectivity index (χ3n) is 4.98. The number of nitrogens with zero attached hydrogens (tertiary/aromatic N) is 4. The minimum absolute atomic E-state index is 0.393. The van der Waals surface area contributed by atoms with Crippen LogP contribution in [-0.2, 0) is 12.0 Å². The average Bonchev–Trinajstić information content (AvgIpc) is 3.36. The standard InChI is InChI=1S/C21H24N6O/c1-21(2,23-13-12-15-14-22-19-7-5-4-6-18(15)19)20-24-25-26-27(20)16-8-10-17(28-3)11-9-16/h4-11,14,22-23H,12-13H2,1-3H3. The van der Waals surface area contributed by atoms with Gasteiger partial charge in [0.2, 0.25) is 0 Å². The first kappa shape index (κ1) is 18.2. The van der Waals surface area contributed by atoms with Crippen LogP contribution >= 0.6 is 0 Å². The van der Waals surface area contributed by atoms with Crippen molar-refractivity contribution >= 4 is 10.9 Å². The molecule has 0 spiro atoms. The maximum Gasteiger partial charge on any atom is 0.176 e. The number of para-hydroxylation sites is 1. The Hall–Kier alpha value is -3.19. The third kappa shape index (κ3) is 3.48. The van der Waals surface area contributed by atoms with E-state index in [4.69, 9.17) is 4.74 Å². The minimum Gasteiger partial charge on any atom is -0.497 e. The summed E-state index contributed by atoms with van der Waals surface area (Å²) >= 11 is 0. The lowest BCUT2D eigenvalue weighted by Crippen LogP contribution is -2.40. The van der Waals surface area contributed by atoms with Crippen molar-refractivity contribution in [3.05, 3.63) is 66.1 Å². The second-order valence-electron chi connectivity index (χ2n) is 7.27. The van der Waals surface area contributed by atoms with Gasteiger partial charge < -0.3 is 15.0 Å². The second kappa shape index (κ2) is 7.44. The fraction of sp³-hybridized carbons (Fsp3) is 0.286. The number of aromatic amines is 1. The van der Waals surface area contributed by atoms with Crippen LogP contribution < -0.4 is 10.1 Å². The topological polar surface area (TPSA) is 80.7 Å². The van der Waals surface area contributed by atoms with E-state index >= 15 is 0 Å². The Labute approximate surface area is 163 Å². The van der Waals surface area contributed by atoms with Crippen LogP contribution in [0.2, 0.25) is 0 Å². The van der Waals surface area contributed by atoms with Gasteiger partial charge in [-0.2, -0.15) is 4.68 Å². The quantitative estimate of drug-likeness (QED) is 0.518. The Kier molecular flexibility index (Phi) is 4.83. The van der Waals surface area contributed by atoms with Gasteiger partial charge in [0.05, 0.1) is 18.3 Å². The summed E-state index contributed by atoms with van der Waals surface area (Å²) in [6, 6.07) is 16.1. The van der Waals surface area contributed by atoms with E-state index in [2.05, 4.69) is 64.1 Å². The van der Waals surface area contributed by atoms with Crippen LogP contribution in [-0.4, -0.2) is 38.8 Å². The maximum absolute atomic E-state index is 5.23. The summed E-state index contributed by atoms with van der Waals surface area (Å²) in [4.78, 5) is 3.33. The number of methoxy groups -OCH3 is 1. The summed E-state index contributed by atoms with van der Waals surface area (Å²) in [5, 5.41) is 17.2. The summed E-state index contributed by atoms with van der Waals surface area (Å²) in [5.74, 6) is 1.56. The molecule has 2 aromatic heterocycles. The molecule has 4 aromatic rings. The molecule has 0 amide bonds. The summed E-state index contributed by atoms with van der Waals surface area (Å²) in [6.45, 7) is 4.99. The van der Waals surface area contributed by atoms with Crippen LogP contribution in [0.3, 0.4) is 0 Å². The Morgan fingerprint density at radius 1 is 1.11 bits per heavy atom. The molecule has 0 atom stereocenters. The first-order valence-electron chi connectivity index (χ1n) is 9.32. The van der Waals surface area contributed by atoms with Crippen LogP contribution in [0.15, 0.2) is 54.7 Å².